The maximum atomic E-state index is 12.1. The number of benzene rings is 1. The second-order valence-electron chi connectivity index (χ2n) is 3.89. The van der Waals surface area contributed by atoms with Gasteiger partial charge in [0.15, 0.2) is 5.78 Å². The summed E-state index contributed by atoms with van der Waals surface area (Å²) in [5, 5.41) is 7.11. The molecule has 2 nitrogen and oxygen atoms in total. The number of rotatable bonds is 2. The summed E-state index contributed by atoms with van der Waals surface area (Å²) in [5.74, 6) is 0.109. The third-order valence-electron chi connectivity index (χ3n) is 2.87. The van der Waals surface area contributed by atoms with Gasteiger partial charge in [0.05, 0.1) is 0 Å². The van der Waals surface area contributed by atoms with Crippen molar-refractivity contribution < 1.29 is 4.79 Å². The van der Waals surface area contributed by atoms with E-state index in [0.29, 0.717) is 0 Å². The minimum atomic E-state index is 0.109. The Morgan fingerprint density at radius 1 is 1.25 bits per heavy atom. The summed E-state index contributed by atoms with van der Waals surface area (Å²) in [7, 11) is 0. The quantitative estimate of drug-likeness (QED) is 0.802. The normalized spacial score (nSPS) is 13.2. The fourth-order valence-electron chi connectivity index (χ4n) is 1.99. The zero-order chi connectivity index (χ0) is 11.0. The number of ketones is 1. The Hall–Kier alpha value is -1.61. The lowest BCUT2D eigenvalue weighted by atomic mass is 10.0. The van der Waals surface area contributed by atoms with Gasteiger partial charge in [-0.1, -0.05) is 12.1 Å². The van der Waals surface area contributed by atoms with E-state index in [9.17, 15) is 4.79 Å². The molecule has 16 heavy (non-hydrogen) atoms. The molecule has 3 rings (SSSR count). The van der Waals surface area contributed by atoms with Gasteiger partial charge in [0, 0.05) is 28.7 Å². The lowest BCUT2D eigenvalue weighted by Gasteiger charge is -2.03. The summed E-state index contributed by atoms with van der Waals surface area (Å²) in [6.45, 7) is 0.978. The van der Waals surface area contributed by atoms with E-state index in [2.05, 4.69) is 11.4 Å². The van der Waals surface area contributed by atoms with Crippen molar-refractivity contribution in [3.05, 3.63) is 51.7 Å². The summed E-state index contributed by atoms with van der Waals surface area (Å²) in [5.41, 5.74) is 3.97. The highest BCUT2D eigenvalue weighted by Crippen LogP contribution is 2.24. The Bertz CT molecular complexity index is 531. The molecule has 1 aromatic heterocycles. The van der Waals surface area contributed by atoms with E-state index in [1.165, 1.54) is 5.56 Å². The molecule has 0 spiro atoms. The molecule has 0 saturated heterocycles. The van der Waals surface area contributed by atoms with Crippen LogP contribution in [0.5, 0.6) is 0 Å². The first-order chi connectivity index (χ1) is 7.84. The lowest BCUT2D eigenvalue weighted by Crippen LogP contribution is -2.00. The molecule has 80 valence electrons. The number of nitrogens with one attached hydrogen (secondary N) is 1. The van der Waals surface area contributed by atoms with Crippen molar-refractivity contribution in [2.45, 2.75) is 6.42 Å². The van der Waals surface area contributed by atoms with E-state index in [1.807, 2.05) is 29.0 Å². The molecular formula is C13H11NOS. The maximum Gasteiger partial charge on any atom is 0.193 e. The van der Waals surface area contributed by atoms with Crippen molar-refractivity contribution in [2.24, 2.45) is 0 Å². The van der Waals surface area contributed by atoms with Crippen LogP contribution in [0.1, 0.15) is 21.5 Å². The third-order valence-corrected chi connectivity index (χ3v) is 3.55. The van der Waals surface area contributed by atoms with E-state index in [1.54, 1.807) is 11.3 Å². The smallest absolute Gasteiger partial charge is 0.193 e. The van der Waals surface area contributed by atoms with Crippen LogP contribution in [-0.2, 0) is 6.42 Å². The number of carbonyl (C=O) groups is 1. The zero-order valence-corrected chi connectivity index (χ0v) is 9.51. The molecule has 0 saturated carbocycles. The molecule has 1 aliphatic rings. The predicted octanol–water partition coefficient (Wildman–Crippen LogP) is 2.95. The summed E-state index contributed by atoms with van der Waals surface area (Å²) in [4.78, 5) is 12.1. The maximum absolute atomic E-state index is 12.1. The van der Waals surface area contributed by atoms with Crippen molar-refractivity contribution in [3.8, 4) is 0 Å². The van der Waals surface area contributed by atoms with Crippen LogP contribution in [-0.4, -0.2) is 12.3 Å². The number of carbonyl (C=O) groups excluding carboxylic acids is 1. The molecule has 0 atom stereocenters. The van der Waals surface area contributed by atoms with Gasteiger partial charge in [0.1, 0.15) is 0 Å². The monoisotopic (exact) mass is 229 g/mol. The Labute approximate surface area is 97.9 Å². The SMILES string of the molecule is O=C(c1ccsc1)c1ccc2c(c1)NCC2. The molecule has 0 amide bonds. The molecule has 3 heteroatoms. The van der Waals surface area contributed by atoms with Crippen LogP contribution in [0.3, 0.4) is 0 Å². The van der Waals surface area contributed by atoms with E-state index in [0.717, 1.165) is 29.8 Å². The molecule has 0 fully saturated rings. The Balaban J connectivity index is 1.99. The number of fused-ring (bicyclic) bond motifs is 1. The fourth-order valence-corrected chi connectivity index (χ4v) is 2.63. The van der Waals surface area contributed by atoms with E-state index in [4.69, 9.17) is 0 Å². The van der Waals surface area contributed by atoms with Gasteiger partial charge in [0.2, 0.25) is 0 Å². The largest absolute Gasteiger partial charge is 0.384 e. The molecule has 0 unspecified atom stereocenters. The first-order valence-corrected chi connectivity index (χ1v) is 6.22. The van der Waals surface area contributed by atoms with Crippen molar-refractivity contribution >= 4 is 22.8 Å². The first kappa shape index (κ1) is 9.60. The molecule has 0 aliphatic carbocycles. The Morgan fingerprint density at radius 2 is 2.19 bits per heavy atom. The molecule has 2 aromatic rings. The van der Waals surface area contributed by atoms with Crippen LogP contribution in [0.2, 0.25) is 0 Å². The molecule has 1 aromatic carbocycles. The minimum Gasteiger partial charge on any atom is -0.384 e. The molecule has 1 aliphatic heterocycles. The van der Waals surface area contributed by atoms with Crippen LogP contribution < -0.4 is 5.32 Å². The standard InChI is InChI=1S/C13H11NOS/c15-13(11-4-6-16-8-11)10-2-1-9-3-5-14-12(9)7-10/h1-2,4,6-8,14H,3,5H2. The Morgan fingerprint density at radius 3 is 3.00 bits per heavy atom. The number of hydrogen-bond donors (Lipinski definition) is 1. The summed E-state index contributed by atoms with van der Waals surface area (Å²) in [6.07, 6.45) is 1.06. The van der Waals surface area contributed by atoms with Gasteiger partial charge in [0.25, 0.3) is 0 Å². The number of anilines is 1. The lowest BCUT2D eigenvalue weighted by molar-refractivity contribution is 0.103. The van der Waals surface area contributed by atoms with Crippen molar-refractivity contribution in [2.75, 3.05) is 11.9 Å². The van der Waals surface area contributed by atoms with Crippen LogP contribution in [0.15, 0.2) is 35.0 Å². The van der Waals surface area contributed by atoms with E-state index >= 15 is 0 Å². The molecule has 2 heterocycles. The molecule has 0 radical (unpaired) electrons. The van der Waals surface area contributed by atoms with Gasteiger partial charge in [-0.25, -0.2) is 0 Å². The van der Waals surface area contributed by atoms with Gasteiger partial charge in [-0.05, 0) is 29.5 Å². The second kappa shape index (κ2) is 3.76. The van der Waals surface area contributed by atoms with Crippen molar-refractivity contribution in [1.29, 1.82) is 0 Å². The second-order valence-corrected chi connectivity index (χ2v) is 4.67. The first-order valence-electron chi connectivity index (χ1n) is 5.28. The zero-order valence-electron chi connectivity index (χ0n) is 8.69. The van der Waals surface area contributed by atoms with Gasteiger partial charge >= 0.3 is 0 Å². The summed E-state index contributed by atoms with van der Waals surface area (Å²) in [6, 6.07) is 7.80. The van der Waals surface area contributed by atoms with Crippen LogP contribution >= 0.6 is 11.3 Å². The molecule has 0 bridgehead atoms. The van der Waals surface area contributed by atoms with Gasteiger partial charge < -0.3 is 5.32 Å². The van der Waals surface area contributed by atoms with Gasteiger partial charge in [-0.3, -0.25) is 4.79 Å². The average molecular weight is 229 g/mol. The number of hydrogen-bond acceptors (Lipinski definition) is 3. The molecular weight excluding hydrogens is 218 g/mol. The highest BCUT2D eigenvalue weighted by molar-refractivity contribution is 7.08. The molecule has 1 N–H and O–H groups in total. The fraction of sp³-hybridized carbons (Fsp3) is 0.154. The van der Waals surface area contributed by atoms with Gasteiger partial charge in [-0.15, -0.1) is 0 Å². The topological polar surface area (TPSA) is 29.1 Å². The summed E-state index contributed by atoms with van der Waals surface area (Å²) >= 11 is 1.55. The van der Waals surface area contributed by atoms with Crippen molar-refractivity contribution in [3.63, 3.8) is 0 Å². The van der Waals surface area contributed by atoms with E-state index in [-0.39, 0.29) is 5.78 Å². The third kappa shape index (κ3) is 1.53. The number of thiophene rings is 1. The summed E-state index contributed by atoms with van der Waals surface area (Å²) < 4.78 is 0. The highest BCUT2D eigenvalue weighted by Gasteiger charge is 2.14. The van der Waals surface area contributed by atoms with Gasteiger partial charge in [-0.2, -0.15) is 11.3 Å². The van der Waals surface area contributed by atoms with Crippen LogP contribution in [0, 0.1) is 0 Å². The Kier molecular flexibility index (Phi) is 2.26. The average Bonchev–Trinajstić information content (AvgIpc) is 2.98. The van der Waals surface area contributed by atoms with Crippen LogP contribution in [0.25, 0.3) is 0 Å². The van der Waals surface area contributed by atoms with E-state index < -0.39 is 0 Å². The minimum absolute atomic E-state index is 0.109. The van der Waals surface area contributed by atoms with Crippen LogP contribution in [0.4, 0.5) is 5.69 Å². The van der Waals surface area contributed by atoms with Crippen molar-refractivity contribution in [1.82, 2.24) is 0 Å². The predicted molar refractivity (Wildman–Crippen MR) is 66.4 cm³/mol. The highest BCUT2D eigenvalue weighted by atomic mass is 32.1.